The molecule has 0 bridgehead atoms. The molecule has 3 rings (SSSR count). The average molecular weight is 255 g/mol. The van der Waals surface area contributed by atoms with E-state index in [4.69, 9.17) is 15.2 Å². The summed E-state index contributed by atoms with van der Waals surface area (Å²) in [5, 5.41) is 0. The number of nitrogens with two attached hydrogens (primary N) is 1. The van der Waals surface area contributed by atoms with Gasteiger partial charge in [0.1, 0.15) is 11.5 Å². The second kappa shape index (κ2) is 4.53. The van der Waals surface area contributed by atoms with Crippen LogP contribution in [0.4, 0.5) is 5.69 Å². The largest absolute Gasteiger partial charge is 0.497 e. The molecule has 0 unspecified atom stereocenters. The molecule has 0 radical (unpaired) electrons. The first-order valence-electron chi connectivity index (χ1n) is 5.82. The molecule has 3 N–H and O–H groups in total. The molecule has 2 aromatic carbocycles. The Morgan fingerprint density at radius 1 is 1.11 bits per heavy atom. The first kappa shape index (κ1) is 11.4. The summed E-state index contributed by atoms with van der Waals surface area (Å²) in [5.41, 5.74) is 8.06. The molecule has 0 aliphatic carbocycles. The number of fused-ring (bicyclic) bond motifs is 1. The van der Waals surface area contributed by atoms with Crippen molar-refractivity contribution in [3.05, 3.63) is 42.5 Å². The highest BCUT2D eigenvalue weighted by atomic mass is 16.5. The molecule has 0 aliphatic rings. The molecule has 0 saturated carbocycles. The quantitative estimate of drug-likeness (QED) is 0.706. The predicted octanol–water partition coefficient (Wildman–Crippen LogP) is 2.95. The Morgan fingerprint density at radius 2 is 1.95 bits per heavy atom. The van der Waals surface area contributed by atoms with Crippen LogP contribution in [0.2, 0.25) is 0 Å². The van der Waals surface area contributed by atoms with E-state index in [0.29, 0.717) is 17.4 Å². The van der Waals surface area contributed by atoms with E-state index in [0.717, 1.165) is 16.8 Å². The molecule has 19 heavy (non-hydrogen) atoms. The Kier molecular flexibility index (Phi) is 2.72. The van der Waals surface area contributed by atoms with E-state index in [2.05, 4.69) is 9.97 Å². The van der Waals surface area contributed by atoms with E-state index in [1.54, 1.807) is 19.2 Å². The number of ether oxygens (including phenoxy) is 2. The van der Waals surface area contributed by atoms with Crippen molar-refractivity contribution in [2.45, 2.75) is 0 Å². The lowest BCUT2D eigenvalue weighted by molar-refractivity contribution is 0.405. The van der Waals surface area contributed by atoms with Gasteiger partial charge in [-0.2, -0.15) is 4.98 Å². The number of aromatic amines is 1. The number of methoxy groups -OCH3 is 1. The van der Waals surface area contributed by atoms with Crippen LogP contribution in [-0.4, -0.2) is 17.1 Å². The molecule has 0 saturated heterocycles. The summed E-state index contributed by atoms with van der Waals surface area (Å²) in [6.07, 6.45) is 0. The van der Waals surface area contributed by atoms with Crippen molar-refractivity contribution < 1.29 is 9.47 Å². The van der Waals surface area contributed by atoms with Gasteiger partial charge in [0, 0.05) is 11.8 Å². The van der Waals surface area contributed by atoms with Gasteiger partial charge in [0.25, 0.3) is 6.01 Å². The number of hydrogen-bond acceptors (Lipinski definition) is 4. The lowest BCUT2D eigenvalue weighted by atomic mass is 10.3. The van der Waals surface area contributed by atoms with Crippen LogP contribution in [0.15, 0.2) is 42.5 Å². The molecule has 3 aromatic rings. The van der Waals surface area contributed by atoms with Gasteiger partial charge in [-0.05, 0) is 30.3 Å². The van der Waals surface area contributed by atoms with Crippen molar-refractivity contribution in [2.75, 3.05) is 12.8 Å². The SMILES string of the molecule is COc1cccc(Oc2nc3ccc(N)cc3[nH]2)c1. The van der Waals surface area contributed by atoms with Crippen LogP contribution >= 0.6 is 0 Å². The maximum atomic E-state index is 5.72. The van der Waals surface area contributed by atoms with Gasteiger partial charge in [-0.15, -0.1) is 0 Å². The summed E-state index contributed by atoms with van der Waals surface area (Å²) >= 11 is 0. The number of imidazole rings is 1. The lowest BCUT2D eigenvalue weighted by Gasteiger charge is -2.03. The summed E-state index contributed by atoms with van der Waals surface area (Å²) in [7, 11) is 1.61. The van der Waals surface area contributed by atoms with Crippen molar-refractivity contribution >= 4 is 16.7 Å². The Hall–Kier alpha value is -2.69. The number of nitrogens with zero attached hydrogens (tertiary/aromatic N) is 1. The maximum absolute atomic E-state index is 5.72. The highest BCUT2D eigenvalue weighted by Crippen LogP contribution is 2.25. The normalized spacial score (nSPS) is 10.6. The Labute approximate surface area is 110 Å². The number of hydrogen-bond donors (Lipinski definition) is 2. The van der Waals surface area contributed by atoms with Crippen molar-refractivity contribution in [2.24, 2.45) is 0 Å². The topological polar surface area (TPSA) is 73.2 Å². The van der Waals surface area contributed by atoms with Gasteiger partial charge in [0.15, 0.2) is 0 Å². The molecule has 0 amide bonds. The van der Waals surface area contributed by atoms with Gasteiger partial charge in [-0.25, -0.2) is 0 Å². The lowest BCUT2D eigenvalue weighted by Crippen LogP contribution is -1.87. The Morgan fingerprint density at radius 3 is 2.79 bits per heavy atom. The van der Waals surface area contributed by atoms with Crippen LogP contribution in [0.5, 0.6) is 17.5 Å². The van der Waals surface area contributed by atoms with E-state index >= 15 is 0 Å². The highest BCUT2D eigenvalue weighted by Gasteiger charge is 2.05. The second-order valence-electron chi connectivity index (χ2n) is 4.10. The van der Waals surface area contributed by atoms with Crippen LogP contribution in [0.1, 0.15) is 0 Å². The van der Waals surface area contributed by atoms with Crippen molar-refractivity contribution in [3.63, 3.8) is 0 Å². The minimum Gasteiger partial charge on any atom is -0.497 e. The van der Waals surface area contributed by atoms with E-state index in [9.17, 15) is 0 Å². The van der Waals surface area contributed by atoms with Gasteiger partial charge in [0.05, 0.1) is 18.1 Å². The third kappa shape index (κ3) is 2.30. The Balaban J connectivity index is 1.92. The second-order valence-corrected chi connectivity index (χ2v) is 4.10. The molecular weight excluding hydrogens is 242 g/mol. The fraction of sp³-hybridized carbons (Fsp3) is 0.0714. The molecule has 1 heterocycles. The van der Waals surface area contributed by atoms with Crippen LogP contribution in [0.25, 0.3) is 11.0 Å². The van der Waals surface area contributed by atoms with Gasteiger partial charge >= 0.3 is 0 Å². The summed E-state index contributed by atoms with van der Waals surface area (Å²) in [6.45, 7) is 0. The summed E-state index contributed by atoms with van der Waals surface area (Å²) in [5.74, 6) is 1.39. The van der Waals surface area contributed by atoms with E-state index in [1.807, 2.05) is 30.3 Å². The van der Waals surface area contributed by atoms with Crippen LogP contribution in [-0.2, 0) is 0 Å². The number of anilines is 1. The zero-order chi connectivity index (χ0) is 13.2. The molecule has 0 aliphatic heterocycles. The summed E-state index contributed by atoms with van der Waals surface area (Å²) < 4.78 is 10.8. The first-order chi connectivity index (χ1) is 9.24. The summed E-state index contributed by atoms with van der Waals surface area (Å²) in [6, 6.07) is 13.2. The molecular formula is C14H13N3O2. The number of nitrogens with one attached hydrogen (secondary N) is 1. The number of rotatable bonds is 3. The average Bonchev–Trinajstić information content (AvgIpc) is 2.80. The van der Waals surface area contributed by atoms with E-state index < -0.39 is 0 Å². The van der Waals surface area contributed by atoms with Gasteiger partial charge in [0.2, 0.25) is 0 Å². The Bertz CT molecular complexity index is 722. The van der Waals surface area contributed by atoms with Crippen molar-refractivity contribution in [3.8, 4) is 17.5 Å². The zero-order valence-corrected chi connectivity index (χ0v) is 10.4. The van der Waals surface area contributed by atoms with Crippen LogP contribution < -0.4 is 15.2 Å². The molecule has 0 fully saturated rings. The predicted molar refractivity (Wildman–Crippen MR) is 73.6 cm³/mol. The smallest absolute Gasteiger partial charge is 0.300 e. The third-order valence-electron chi connectivity index (χ3n) is 2.74. The maximum Gasteiger partial charge on any atom is 0.300 e. The van der Waals surface area contributed by atoms with E-state index in [1.165, 1.54) is 0 Å². The number of nitrogen functional groups attached to an aromatic ring is 1. The molecule has 5 nitrogen and oxygen atoms in total. The molecule has 0 spiro atoms. The minimum absolute atomic E-state index is 0.425. The highest BCUT2D eigenvalue weighted by molar-refractivity contribution is 5.79. The number of benzene rings is 2. The summed E-state index contributed by atoms with van der Waals surface area (Å²) in [4.78, 5) is 7.40. The zero-order valence-electron chi connectivity index (χ0n) is 10.4. The number of aromatic nitrogens is 2. The van der Waals surface area contributed by atoms with E-state index in [-0.39, 0.29) is 0 Å². The van der Waals surface area contributed by atoms with Gasteiger partial charge < -0.3 is 20.2 Å². The fourth-order valence-corrected chi connectivity index (χ4v) is 1.83. The number of H-pyrrole nitrogens is 1. The van der Waals surface area contributed by atoms with Crippen molar-refractivity contribution in [1.82, 2.24) is 9.97 Å². The first-order valence-corrected chi connectivity index (χ1v) is 5.82. The molecule has 0 atom stereocenters. The van der Waals surface area contributed by atoms with Gasteiger partial charge in [-0.1, -0.05) is 6.07 Å². The monoisotopic (exact) mass is 255 g/mol. The van der Waals surface area contributed by atoms with Crippen LogP contribution in [0.3, 0.4) is 0 Å². The fourth-order valence-electron chi connectivity index (χ4n) is 1.83. The molecule has 96 valence electrons. The molecule has 5 heteroatoms. The van der Waals surface area contributed by atoms with Crippen molar-refractivity contribution in [1.29, 1.82) is 0 Å². The molecule has 1 aromatic heterocycles. The standard InChI is InChI=1S/C14H13N3O2/c1-18-10-3-2-4-11(8-10)19-14-16-12-6-5-9(15)7-13(12)17-14/h2-8H,15H2,1H3,(H,16,17). The van der Waals surface area contributed by atoms with Gasteiger partial charge in [-0.3, -0.25) is 0 Å². The third-order valence-corrected chi connectivity index (χ3v) is 2.74. The minimum atomic E-state index is 0.425. The van der Waals surface area contributed by atoms with Crippen LogP contribution in [0, 0.1) is 0 Å².